The topological polar surface area (TPSA) is 73.1 Å². The van der Waals surface area contributed by atoms with E-state index in [1.54, 1.807) is 35.9 Å². The molecule has 0 radical (unpaired) electrons. The van der Waals surface area contributed by atoms with Gasteiger partial charge in [0.15, 0.2) is 0 Å². The van der Waals surface area contributed by atoms with E-state index < -0.39 is 5.82 Å². The van der Waals surface area contributed by atoms with Gasteiger partial charge < -0.3 is 9.64 Å². The Morgan fingerprint density at radius 3 is 2.74 bits per heavy atom. The van der Waals surface area contributed by atoms with Gasteiger partial charge in [0.2, 0.25) is 0 Å². The van der Waals surface area contributed by atoms with Crippen molar-refractivity contribution in [1.29, 1.82) is 0 Å². The van der Waals surface area contributed by atoms with Crippen molar-refractivity contribution in [2.75, 3.05) is 24.6 Å². The van der Waals surface area contributed by atoms with Crippen molar-refractivity contribution in [3.05, 3.63) is 80.9 Å². The van der Waals surface area contributed by atoms with Crippen LogP contribution in [0.3, 0.4) is 0 Å². The number of nitrogens with zero attached hydrogens (tertiary/aromatic N) is 5. The lowest BCUT2D eigenvalue weighted by Gasteiger charge is -2.34. The molecular weight excluding hydrogens is 469 g/mol. The molecule has 0 saturated carbocycles. The fraction of sp³-hybridized carbons (Fsp3) is 0.308. The zero-order chi connectivity index (χ0) is 24.7. The van der Waals surface area contributed by atoms with Crippen molar-refractivity contribution in [2.45, 2.75) is 33.4 Å². The number of halogens is 2. The van der Waals surface area contributed by atoms with Crippen LogP contribution in [0.2, 0.25) is 5.02 Å². The number of aromatic nitrogens is 4. The Bertz CT molecular complexity index is 1490. The summed E-state index contributed by atoms with van der Waals surface area (Å²) in [6.07, 6.45) is 1.61. The lowest BCUT2D eigenvalue weighted by molar-refractivity contribution is 0.0394. The van der Waals surface area contributed by atoms with E-state index in [9.17, 15) is 4.79 Å². The van der Waals surface area contributed by atoms with Crippen molar-refractivity contribution in [2.24, 2.45) is 0 Å². The van der Waals surface area contributed by atoms with Crippen LogP contribution in [0.4, 0.5) is 10.2 Å². The summed E-state index contributed by atoms with van der Waals surface area (Å²) in [6.45, 7) is 7.72. The highest BCUT2D eigenvalue weighted by Gasteiger charge is 2.26. The Labute approximate surface area is 207 Å². The third-order valence-corrected chi connectivity index (χ3v) is 6.54. The van der Waals surface area contributed by atoms with Crippen LogP contribution >= 0.6 is 11.6 Å². The number of morpholine rings is 1. The molecule has 0 spiro atoms. The number of benzene rings is 1. The van der Waals surface area contributed by atoms with Crippen molar-refractivity contribution < 1.29 is 9.13 Å². The third kappa shape index (κ3) is 4.39. The van der Waals surface area contributed by atoms with Gasteiger partial charge >= 0.3 is 0 Å². The molecule has 1 aliphatic rings. The number of anilines is 1. The molecule has 0 N–H and O–H groups in total. The monoisotopic (exact) mass is 493 g/mol. The molecule has 1 saturated heterocycles. The maximum absolute atomic E-state index is 15.1. The fourth-order valence-corrected chi connectivity index (χ4v) is 4.73. The van der Waals surface area contributed by atoms with Crippen LogP contribution in [-0.2, 0) is 11.3 Å². The van der Waals surface area contributed by atoms with Crippen molar-refractivity contribution in [1.82, 2.24) is 19.5 Å². The first-order valence-corrected chi connectivity index (χ1v) is 11.9. The lowest BCUT2D eigenvalue weighted by Crippen LogP contribution is -2.39. The van der Waals surface area contributed by atoms with Crippen LogP contribution < -0.4 is 10.5 Å². The second-order valence-electron chi connectivity index (χ2n) is 8.59. The smallest absolute Gasteiger partial charge is 0.263 e. The number of rotatable bonds is 4. The number of ether oxygens (including phenoxy) is 1. The molecule has 0 bridgehead atoms. The fourth-order valence-electron chi connectivity index (χ4n) is 4.57. The van der Waals surface area contributed by atoms with Gasteiger partial charge in [-0.3, -0.25) is 14.3 Å². The van der Waals surface area contributed by atoms with Gasteiger partial charge in [0.25, 0.3) is 5.56 Å². The van der Waals surface area contributed by atoms with E-state index in [-0.39, 0.29) is 33.3 Å². The summed E-state index contributed by atoms with van der Waals surface area (Å²) in [6, 6.07) is 10.1. The summed E-state index contributed by atoms with van der Waals surface area (Å²) in [5.41, 5.74) is 2.65. The Morgan fingerprint density at radius 2 is 2.00 bits per heavy atom. The van der Waals surface area contributed by atoms with Gasteiger partial charge in [-0.05, 0) is 56.7 Å². The zero-order valence-corrected chi connectivity index (χ0v) is 20.5. The SMILES string of the molecule is CCn1c(C)nc2cc(N3CCO[C@@H](c4ccnc(C)c4)C3)nc(-c3ccc(Cl)cc3F)c2c1=O. The molecule has 9 heteroatoms. The molecule has 1 fully saturated rings. The van der Waals surface area contributed by atoms with Crippen LogP contribution in [-0.4, -0.2) is 39.2 Å². The quantitative estimate of drug-likeness (QED) is 0.404. The van der Waals surface area contributed by atoms with Crippen molar-refractivity contribution in [3.63, 3.8) is 0 Å². The second kappa shape index (κ2) is 9.36. The molecule has 0 aliphatic carbocycles. The third-order valence-electron chi connectivity index (χ3n) is 6.30. The number of hydrogen-bond acceptors (Lipinski definition) is 6. The van der Waals surface area contributed by atoms with Gasteiger partial charge in [0, 0.05) is 48.2 Å². The molecular formula is C26H25ClFN5O2. The Kier molecular flexibility index (Phi) is 6.25. The minimum absolute atomic E-state index is 0.165. The minimum atomic E-state index is -0.543. The van der Waals surface area contributed by atoms with Gasteiger partial charge in [-0.1, -0.05) is 11.6 Å². The summed E-state index contributed by atoms with van der Waals surface area (Å²) >= 11 is 6.00. The summed E-state index contributed by atoms with van der Waals surface area (Å²) < 4.78 is 22.7. The van der Waals surface area contributed by atoms with Gasteiger partial charge in [0.1, 0.15) is 23.6 Å². The normalized spacial score (nSPS) is 16.1. The Balaban J connectivity index is 1.67. The molecule has 3 aromatic heterocycles. The first-order chi connectivity index (χ1) is 16.9. The number of pyridine rings is 2. The average Bonchev–Trinajstić information content (AvgIpc) is 2.83. The molecule has 1 atom stereocenters. The van der Waals surface area contributed by atoms with E-state index in [4.69, 9.17) is 26.3 Å². The van der Waals surface area contributed by atoms with Gasteiger partial charge in [-0.25, -0.2) is 14.4 Å². The number of aryl methyl sites for hydroxylation is 2. The molecule has 0 unspecified atom stereocenters. The second-order valence-corrected chi connectivity index (χ2v) is 9.03. The molecule has 5 rings (SSSR count). The van der Waals surface area contributed by atoms with E-state index >= 15 is 4.39 Å². The van der Waals surface area contributed by atoms with E-state index in [2.05, 4.69) is 9.88 Å². The van der Waals surface area contributed by atoms with E-state index in [0.717, 1.165) is 11.3 Å². The van der Waals surface area contributed by atoms with E-state index in [1.807, 2.05) is 26.0 Å². The van der Waals surface area contributed by atoms with Gasteiger partial charge in [-0.2, -0.15) is 0 Å². The van der Waals surface area contributed by atoms with Crippen molar-refractivity contribution >= 4 is 28.3 Å². The molecule has 35 heavy (non-hydrogen) atoms. The first kappa shape index (κ1) is 23.4. The summed E-state index contributed by atoms with van der Waals surface area (Å²) in [5.74, 6) is 0.664. The molecule has 4 heterocycles. The zero-order valence-electron chi connectivity index (χ0n) is 19.8. The van der Waals surface area contributed by atoms with Crippen LogP contribution in [0.25, 0.3) is 22.2 Å². The summed E-state index contributed by atoms with van der Waals surface area (Å²) in [5, 5.41) is 0.562. The predicted octanol–water partition coefficient (Wildman–Crippen LogP) is 4.86. The Hall–Kier alpha value is -3.36. The maximum Gasteiger partial charge on any atom is 0.263 e. The Morgan fingerprint density at radius 1 is 1.17 bits per heavy atom. The van der Waals surface area contributed by atoms with E-state index in [0.29, 0.717) is 43.4 Å². The molecule has 0 amide bonds. The van der Waals surface area contributed by atoms with E-state index in [1.165, 1.54) is 6.07 Å². The highest BCUT2D eigenvalue weighted by Crippen LogP contribution is 2.33. The summed E-state index contributed by atoms with van der Waals surface area (Å²) in [4.78, 5) is 29.3. The molecule has 1 aliphatic heterocycles. The first-order valence-electron chi connectivity index (χ1n) is 11.5. The van der Waals surface area contributed by atoms with Crippen LogP contribution in [0.15, 0.2) is 47.4 Å². The van der Waals surface area contributed by atoms with Crippen LogP contribution in [0, 0.1) is 19.7 Å². The highest BCUT2D eigenvalue weighted by molar-refractivity contribution is 6.30. The van der Waals surface area contributed by atoms with Gasteiger partial charge in [-0.15, -0.1) is 0 Å². The molecule has 180 valence electrons. The molecule has 4 aromatic rings. The average molecular weight is 494 g/mol. The lowest BCUT2D eigenvalue weighted by atomic mass is 10.1. The minimum Gasteiger partial charge on any atom is -0.370 e. The van der Waals surface area contributed by atoms with Crippen LogP contribution in [0.1, 0.15) is 30.1 Å². The highest BCUT2D eigenvalue weighted by atomic mass is 35.5. The summed E-state index contributed by atoms with van der Waals surface area (Å²) in [7, 11) is 0. The predicted molar refractivity (Wildman–Crippen MR) is 134 cm³/mol. The molecule has 1 aromatic carbocycles. The maximum atomic E-state index is 15.1. The van der Waals surface area contributed by atoms with Crippen LogP contribution in [0.5, 0.6) is 0 Å². The number of hydrogen-bond donors (Lipinski definition) is 0. The van der Waals surface area contributed by atoms with Gasteiger partial charge in [0.05, 0.1) is 23.2 Å². The van der Waals surface area contributed by atoms with Crippen molar-refractivity contribution in [3.8, 4) is 11.3 Å². The standard InChI is InChI=1S/C26H25ClFN5O2/c1-4-33-16(3)30-21-13-23(32-9-10-35-22(14-32)17-7-8-29-15(2)11-17)31-25(24(21)26(33)34)19-6-5-18(27)12-20(19)28/h5-8,11-13,22H,4,9-10,14H2,1-3H3/t22-/m1/s1. The molecule has 7 nitrogen and oxygen atoms in total. The number of fused-ring (bicyclic) bond motifs is 1. The largest absolute Gasteiger partial charge is 0.370 e.